The Morgan fingerprint density at radius 3 is 1.97 bits per heavy atom. The fourth-order valence-electron chi connectivity index (χ4n) is 5.24. The Bertz CT molecular complexity index is 1270. The smallest absolute Gasteiger partial charge is 0.140 e. The van der Waals surface area contributed by atoms with Crippen molar-refractivity contribution in [1.29, 1.82) is 0 Å². The van der Waals surface area contributed by atoms with Gasteiger partial charge in [0.05, 0.1) is 11.4 Å². The molecule has 0 amide bonds. The molecule has 0 spiro atoms. The lowest BCUT2D eigenvalue weighted by atomic mass is 10.0. The van der Waals surface area contributed by atoms with Gasteiger partial charge in [-0.2, -0.15) is 0 Å². The van der Waals surface area contributed by atoms with Crippen molar-refractivity contribution < 1.29 is 5.11 Å². The zero-order valence-electron chi connectivity index (χ0n) is 23.6. The molecule has 200 valence electrons. The van der Waals surface area contributed by atoms with Crippen LogP contribution in [0.5, 0.6) is 5.75 Å². The molecule has 0 atom stereocenters. The SMILES string of the molecule is CCCCCn1c(-c2ccccc2)nc(-c2ccccc2)c1CN(CCCC)Cc1cc(C)c(O)c(C)c1. The quantitative estimate of drug-likeness (QED) is 0.184. The van der Waals surface area contributed by atoms with Gasteiger partial charge in [-0.3, -0.25) is 4.90 Å². The summed E-state index contributed by atoms with van der Waals surface area (Å²) < 4.78 is 2.49. The topological polar surface area (TPSA) is 41.3 Å². The molecule has 1 heterocycles. The highest BCUT2D eigenvalue weighted by molar-refractivity contribution is 5.68. The molecule has 1 N–H and O–H groups in total. The molecule has 1 aromatic heterocycles. The second kappa shape index (κ2) is 13.4. The van der Waals surface area contributed by atoms with Crippen molar-refractivity contribution in [2.45, 2.75) is 79.4 Å². The molecular formula is C34H43N3O. The molecule has 4 nitrogen and oxygen atoms in total. The summed E-state index contributed by atoms with van der Waals surface area (Å²) in [4.78, 5) is 7.87. The van der Waals surface area contributed by atoms with Crippen LogP contribution < -0.4 is 0 Å². The highest BCUT2D eigenvalue weighted by Crippen LogP contribution is 2.32. The van der Waals surface area contributed by atoms with Gasteiger partial charge in [-0.25, -0.2) is 4.98 Å². The third kappa shape index (κ3) is 6.73. The maximum absolute atomic E-state index is 10.3. The monoisotopic (exact) mass is 509 g/mol. The highest BCUT2D eigenvalue weighted by atomic mass is 16.3. The van der Waals surface area contributed by atoms with Gasteiger partial charge in [0.25, 0.3) is 0 Å². The van der Waals surface area contributed by atoms with E-state index in [1.165, 1.54) is 29.7 Å². The van der Waals surface area contributed by atoms with Crippen LogP contribution in [0.2, 0.25) is 0 Å². The van der Waals surface area contributed by atoms with Gasteiger partial charge < -0.3 is 9.67 Å². The summed E-state index contributed by atoms with van der Waals surface area (Å²) in [6.07, 6.45) is 5.84. The van der Waals surface area contributed by atoms with E-state index in [0.29, 0.717) is 5.75 Å². The average molecular weight is 510 g/mol. The summed E-state index contributed by atoms with van der Waals surface area (Å²) in [6, 6.07) is 25.5. The van der Waals surface area contributed by atoms with E-state index in [4.69, 9.17) is 4.98 Å². The van der Waals surface area contributed by atoms with Crippen LogP contribution in [0.3, 0.4) is 0 Å². The zero-order chi connectivity index (χ0) is 26.9. The molecular weight excluding hydrogens is 466 g/mol. The van der Waals surface area contributed by atoms with Crippen LogP contribution in [-0.4, -0.2) is 26.1 Å². The summed E-state index contributed by atoms with van der Waals surface area (Å²) in [5.41, 5.74) is 7.83. The van der Waals surface area contributed by atoms with Crippen LogP contribution in [-0.2, 0) is 19.6 Å². The molecule has 0 aliphatic carbocycles. The van der Waals surface area contributed by atoms with E-state index in [0.717, 1.165) is 73.7 Å². The van der Waals surface area contributed by atoms with Crippen LogP contribution in [0.15, 0.2) is 72.8 Å². The number of aryl methyl sites for hydroxylation is 2. The van der Waals surface area contributed by atoms with Gasteiger partial charge in [0.15, 0.2) is 0 Å². The Morgan fingerprint density at radius 1 is 0.763 bits per heavy atom. The molecule has 0 unspecified atom stereocenters. The first-order valence-electron chi connectivity index (χ1n) is 14.2. The number of rotatable bonds is 13. The Morgan fingerprint density at radius 2 is 1.37 bits per heavy atom. The van der Waals surface area contributed by atoms with Crippen LogP contribution in [0, 0.1) is 13.8 Å². The van der Waals surface area contributed by atoms with E-state index in [1.54, 1.807) is 0 Å². The number of phenols is 1. The number of hydrogen-bond acceptors (Lipinski definition) is 3. The van der Waals surface area contributed by atoms with Gasteiger partial charge in [-0.1, -0.05) is 106 Å². The van der Waals surface area contributed by atoms with Crippen LogP contribution >= 0.6 is 0 Å². The van der Waals surface area contributed by atoms with Crippen LogP contribution in [0.4, 0.5) is 0 Å². The van der Waals surface area contributed by atoms with Crippen molar-refractivity contribution in [3.63, 3.8) is 0 Å². The zero-order valence-corrected chi connectivity index (χ0v) is 23.6. The Balaban J connectivity index is 1.79. The number of benzene rings is 3. The van der Waals surface area contributed by atoms with Crippen molar-refractivity contribution in [3.05, 3.63) is 95.2 Å². The van der Waals surface area contributed by atoms with E-state index in [9.17, 15) is 5.11 Å². The first kappa shape index (κ1) is 27.7. The van der Waals surface area contributed by atoms with Gasteiger partial charge in [-0.05, 0) is 49.9 Å². The first-order chi connectivity index (χ1) is 18.5. The molecule has 38 heavy (non-hydrogen) atoms. The fraction of sp³-hybridized carbons (Fsp3) is 0.382. The van der Waals surface area contributed by atoms with E-state index in [2.05, 4.69) is 96.1 Å². The molecule has 0 radical (unpaired) electrons. The number of nitrogens with zero attached hydrogens (tertiary/aromatic N) is 3. The van der Waals surface area contributed by atoms with Crippen LogP contribution in [0.1, 0.15) is 68.3 Å². The highest BCUT2D eigenvalue weighted by Gasteiger charge is 2.22. The summed E-state index contributed by atoms with van der Waals surface area (Å²) in [5.74, 6) is 1.46. The van der Waals surface area contributed by atoms with E-state index < -0.39 is 0 Å². The minimum atomic E-state index is 0.404. The Kier molecular flexibility index (Phi) is 9.78. The minimum Gasteiger partial charge on any atom is -0.507 e. The number of aromatic nitrogens is 2. The summed E-state index contributed by atoms with van der Waals surface area (Å²) in [7, 11) is 0. The Labute approximate surface area is 229 Å². The second-order valence-electron chi connectivity index (χ2n) is 10.5. The minimum absolute atomic E-state index is 0.404. The molecule has 3 aromatic carbocycles. The molecule has 0 fully saturated rings. The average Bonchev–Trinajstić information content (AvgIpc) is 3.29. The number of aromatic hydroxyl groups is 1. The normalized spacial score (nSPS) is 11.4. The van der Waals surface area contributed by atoms with Gasteiger partial charge in [0.2, 0.25) is 0 Å². The van der Waals surface area contributed by atoms with Crippen molar-refractivity contribution in [1.82, 2.24) is 14.5 Å². The maximum atomic E-state index is 10.3. The van der Waals surface area contributed by atoms with Crippen molar-refractivity contribution in [2.24, 2.45) is 0 Å². The third-order valence-electron chi connectivity index (χ3n) is 7.30. The van der Waals surface area contributed by atoms with Gasteiger partial charge >= 0.3 is 0 Å². The van der Waals surface area contributed by atoms with Crippen LogP contribution in [0.25, 0.3) is 22.6 Å². The summed E-state index contributed by atoms with van der Waals surface area (Å²) in [5, 5.41) is 10.3. The largest absolute Gasteiger partial charge is 0.507 e. The predicted octanol–water partition coefficient (Wildman–Crippen LogP) is 8.53. The Hall–Kier alpha value is -3.37. The summed E-state index contributed by atoms with van der Waals surface area (Å²) in [6.45, 7) is 12.2. The molecule has 0 saturated carbocycles. The number of hydrogen-bond donors (Lipinski definition) is 1. The van der Waals surface area contributed by atoms with Crippen molar-refractivity contribution in [3.8, 4) is 28.4 Å². The van der Waals surface area contributed by atoms with Gasteiger partial charge in [-0.15, -0.1) is 0 Å². The molecule has 0 aliphatic rings. The lowest BCUT2D eigenvalue weighted by molar-refractivity contribution is 0.246. The van der Waals surface area contributed by atoms with E-state index in [-0.39, 0.29) is 0 Å². The molecule has 4 heteroatoms. The van der Waals surface area contributed by atoms with Gasteiger partial charge in [0, 0.05) is 30.8 Å². The molecule has 0 aliphatic heterocycles. The maximum Gasteiger partial charge on any atom is 0.140 e. The second-order valence-corrected chi connectivity index (χ2v) is 10.5. The number of phenolic OH excluding ortho intramolecular Hbond substituents is 1. The molecule has 4 rings (SSSR count). The van der Waals surface area contributed by atoms with E-state index in [1.807, 2.05) is 13.8 Å². The molecule has 4 aromatic rings. The third-order valence-corrected chi connectivity index (χ3v) is 7.30. The lowest BCUT2D eigenvalue weighted by Gasteiger charge is -2.25. The standard InChI is InChI=1S/C34H43N3O/c1-5-7-15-21-37-31(25-36(20-8-6-2)24-28-22-26(3)33(38)27(4)23-28)32(29-16-11-9-12-17-29)35-34(37)30-18-13-10-14-19-30/h9-14,16-19,22-23,38H,5-8,15,20-21,24-25H2,1-4H3. The molecule has 0 bridgehead atoms. The lowest BCUT2D eigenvalue weighted by Crippen LogP contribution is -2.26. The van der Waals surface area contributed by atoms with Crippen molar-refractivity contribution in [2.75, 3.05) is 6.54 Å². The fourth-order valence-corrected chi connectivity index (χ4v) is 5.24. The first-order valence-corrected chi connectivity index (χ1v) is 14.2. The number of unbranched alkanes of at least 4 members (excludes halogenated alkanes) is 3. The molecule has 0 saturated heterocycles. The number of imidazole rings is 1. The van der Waals surface area contributed by atoms with Crippen molar-refractivity contribution >= 4 is 0 Å². The predicted molar refractivity (Wildman–Crippen MR) is 159 cm³/mol. The van der Waals surface area contributed by atoms with Gasteiger partial charge in [0.1, 0.15) is 11.6 Å². The summed E-state index contributed by atoms with van der Waals surface area (Å²) >= 11 is 0. The van der Waals surface area contributed by atoms with E-state index >= 15 is 0 Å².